The number of fused-ring (bicyclic) bond motifs is 1. The monoisotopic (exact) mass is 432 g/mol. The van der Waals surface area contributed by atoms with Gasteiger partial charge in [0.05, 0.1) is 18.8 Å². The average Bonchev–Trinajstić information content (AvgIpc) is 3.31. The molecule has 2 aromatic heterocycles. The van der Waals surface area contributed by atoms with Crippen molar-refractivity contribution in [1.29, 1.82) is 0 Å². The van der Waals surface area contributed by atoms with Crippen molar-refractivity contribution >= 4 is 34.9 Å². The maximum absolute atomic E-state index is 12.2. The molecule has 1 saturated heterocycles. The van der Waals surface area contributed by atoms with Crippen LogP contribution in [0.3, 0.4) is 0 Å². The van der Waals surface area contributed by atoms with Crippen LogP contribution < -0.4 is 16.9 Å². The number of nitrogens with two attached hydrogens (primary N) is 2. The molecule has 2 aromatic rings. The molecule has 0 bridgehead atoms. The summed E-state index contributed by atoms with van der Waals surface area (Å²) < 4.78 is 12.4. The first-order valence-electron chi connectivity index (χ1n) is 9.83. The van der Waals surface area contributed by atoms with Crippen LogP contribution >= 0.6 is 0 Å². The second kappa shape index (κ2) is 8.93. The van der Waals surface area contributed by atoms with E-state index in [0.29, 0.717) is 0 Å². The lowest BCUT2D eigenvalue weighted by Gasteiger charge is -2.16. The van der Waals surface area contributed by atoms with Gasteiger partial charge in [0, 0.05) is 6.42 Å². The van der Waals surface area contributed by atoms with Crippen LogP contribution in [0.5, 0.6) is 0 Å². The zero-order valence-electron chi connectivity index (χ0n) is 16.5. The van der Waals surface area contributed by atoms with Crippen molar-refractivity contribution < 1.29 is 24.5 Å². The van der Waals surface area contributed by atoms with Gasteiger partial charge in [0.25, 0.3) is 0 Å². The van der Waals surface area contributed by atoms with Gasteiger partial charge in [0.2, 0.25) is 5.95 Å². The van der Waals surface area contributed by atoms with Gasteiger partial charge in [-0.2, -0.15) is 15.1 Å². The van der Waals surface area contributed by atoms with Crippen LogP contribution in [0.25, 0.3) is 11.2 Å². The lowest BCUT2D eigenvalue weighted by atomic mass is 10.0. The number of hydrazone groups is 1. The molecule has 1 fully saturated rings. The number of nitrogens with zero attached hydrogens (tertiary/aromatic N) is 5. The summed E-state index contributed by atoms with van der Waals surface area (Å²) in [6.45, 7) is 0.113. The summed E-state index contributed by atoms with van der Waals surface area (Å²) in [6, 6.07) is 0. The number of aromatic nitrogens is 4. The molecule has 0 spiro atoms. The number of nitrogen functional groups attached to an aromatic ring is 1. The summed E-state index contributed by atoms with van der Waals surface area (Å²) in [6.07, 6.45) is 2.98. The second-order valence-corrected chi connectivity index (χ2v) is 7.20. The van der Waals surface area contributed by atoms with Crippen molar-refractivity contribution in [3.63, 3.8) is 0 Å². The molecule has 1 unspecified atom stereocenters. The zero-order valence-corrected chi connectivity index (χ0v) is 16.5. The maximum atomic E-state index is 12.2. The van der Waals surface area contributed by atoms with E-state index < -0.39 is 30.3 Å². The molecule has 4 heterocycles. The smallest absolute Gasteiger partial charge is 0.247 e. The van der Waals surface area contributed by atoms with E-state index in [2.05, 4.69) is 25.5 Å². The molecule has 31 heavy (non-hydrogen) atoms. The molecular formula is C18H24N8O5. The molecule has 4 rings (SSSR count). The molecule has 166 valence electrons. The first kappa shape index (κ1) is 21.1. The van der Waals surface area contributed by atoms with Crippen molar-refractivity contribution in [2.24, 2.45) is 10.8 Å². The summed E-state index contributed by atoms with van der Waals surface area (Å²) in [5.41, 5.74) is 14.6. The van der Waals surface area contributed by atoms with Crippen molar-refractivity contribution in [2.75, 3.05) is 17.7 Å². The third kappa shape index (κ3) is 4.20. The quantitative estimate of drug-likeness (QED) is 0.267. The predicted molar refractivity (Wildman–Crippen MR) is 110 cm³/mol. The topological polar surface area (TPSA) is 196 Å². The number of aliphatic hydroxyl groups is 2. The van der Waals surface area contributed by atoms with Gasteiger partial charge in [-0.3, -0.25) is 9.36 Å². The van der Waals surface area contributed by atoms with Crippen molar-refractivity contribution in [3.05, 3.63) is 18.7 Å². The minimum Gasteiger partial charge on any atom is -0.493 e. The summed E-state index contributed by atoms with van der Waals surface area (Å²) >= 11 is 0. The van der Waals surface area contributed by atoms with Crippen LogP contribution in [-0.2, 0) is 14.3 Å². The van der Waals surface area contributed by atoms with Crippen LogP contribution in [0, 0.1) is 0 Å². The van der Waals surface area contributed by atoms with Crippen LogP contribution in [0.15, 0.2) is 23.8 Å². The molecule has 0 radical (unpaired) electrons. The highest BCUT2D eigenvalue weighted by Crippen LogP contribution is 2.33. The van der Waals surface area contributed by atoms with Gasteiger partial charge >= 0.3 is 0 Å². The Balaban J connectivity index is 1.57. The highest BCUT2D eigenvalue weighted by molar-refractivity contribution is 5.85. The highest BCUT2D eigenvalue weighted by Gasteiger charge is 2.47. The number of rotatable bonds is 7. The first-order chi connectivity index (χ1) is 15.0. The molecule has 2 aliphatic heterocycles. The van der Waals surface area contributed by atoms with E-state index in [1.807, 2.05) is 6.08 Å². The summed E-state index contributed by atoms with van der Waals surface area (Å²) in [5, 5.41) is 24.8. The van der Waals surface area contributed by atoms with E-state index in [4.69, 9.17) is 20.9 Å². The van der Waals surface area contributed by atoms with Crippen LogP contribution in [-0.4, -0.2) is 72.7 Å². The van der Waals surface area contributed by atoms with Gasteiger partial charge in [-0.05, 0) is 25.5 Å². The van der Waals surface area contributed by atoms with Gasteiger partial charge in [0.1, 0.15) is 29.9 Å². The van der Waals surface area contributed by atoms with Crippen molar-refractivity contribution in [1.82, 2.24) is 19.5 Å². The number of imidazole rings is 1. The van der Waals surface area contributed by atoms with E-state index in [1.54, 1.807) is 12.5 Å². The van der Waals surface area contributed by atoms with Crippen LogP contribution in [0.4, 0.5) is 11.8 Å². The van der Waals surface area contributed by atoms with E-state index in [9.17, 15) is 15.0 Å². The van der Waals surface area contributed by atoms with Gasteiger partial charge in [-0.1, -0.05) is 0 Å². The average molecular weight is 432 g/mol. The summed E-state index contributed by atoms with van der Waals surface area (Å²) in [4.78, 5) is 24.8. The normalized spacial score (nSPS) is 28.3. The number of allylic oxidation sites excluding steroid dienone is 1. The molecule has 2 aliphatic rings. The standard InChI is InChI=1S/C18H24N8O5/c19-5-4-10(27)14-12(28)13(29)17(31-14)26-8-21-11-15(20)23-18(24-16(11)26)25-22-7-9-3-1-2-6-30-9/h2,6-9,12-14,17,28-29H,1,3-5,19H2,(H3,20,23,24,25)/b22-7+/t9?,12-,13+,14+,17+/m0/s1. The number of hydrogen-bond acceptors (Lipinski definition) is 12. The van der Waals surface area contributed by atoms with E-state index in [-0.39, 0.29) is 42.0 Å². The number of hydrogen-bond donors (Lipinski definition) is 5. The molecule has 5 atom stereocenters. The fourth-order valence-electron chi connectivity index (χ4n) is 3.46. The third-order valence-electron chi connectivity index (χ3n) is 5.04. The maximum Gasteiger partial charge on any atom is 0.247 e. The predicted octanol–water partition coefficient (Wildman–Crippen LogP) is -0.964. The Labute approximate surface area is 176 Å². The number of aliphatic hydroxyl groups excluding tert-OH is 2. The number of anilines is 2. The number of ketones is 1. The van der Waals surface area contributed by atoms with Gasteiger partial charge in [-0.15, -0.1) is 0 Å². The minimum absolute atomic E-state index is 0.0214. The Morgan fingerprint density at radius 1 is 1.39 bits per heavy atom. The van der Waals surface area contributed by atoms with Crippen LogP contribution in [0.1, 0.15) is 25.5 Å². The zero-order chi connectivity index (χ0) is 22.0. The van der Waals surface area contributed by atoms with E-state index in [0.717, 1.165) is 12.8 Å². The Hall–Kier alpha value is -3.13. The number of carbonyl (C=O) groups is 1. The summed E-state index contributed by atoms with van der Waals surface area (Å²) in [5.74, 6) is -0.216. The first-order valence-corrected chi connectivity index (χ1v) is 9.83. The third-order valence-corrected chi connectivity index (χ3v) is 5.04. The van der Waals surface area contributed by atoms with E-state index >= 15 is 0 Å². The number of nitrogens with one attached hydrogen (secondary N) is 1. The molecule has 0 amide bonds. The Bertz CT molecular complexity index is 1010. The Morgan fingerprint density at radius 2 is 2.23 bits per heavy atom. The molecule has 7 N–H and O–H groups in total. The molecule has 13 nitrogen and oxygen atoms in total. The highest BCUT2D eigenvalue weighted by atomic mass is 16.6. The Kier molecular flexibility index (Phi) is 6.08. The second-order valence-electron chi connectivity index (χ2n) is 7.20. The number of carbonyl (C=O) groups excluding carboxylic acids is 1. The van der Waals surface area contributed by atoms with Gasteiger partial charge in [0.15, 0.2) is 23.5 Å². The van der Waals surface area contributed by atoms with Crippen molar-refractivity contribution in [2.45, 2.75) is 49.9 Å². The van der Waals surface area contributed by atoms with E-state index in [1.165, 1.54) is 10.9 Å². The minimum atomic E-state index is -1.41. The fraction of sp³-hybridized carbons (Fsp3) is 0.500. The summed E-state index contributed by atoms with van der Waals surface area (Å²) in [7, 11) is 0. The molecule has 0 aromatic carbocycles. The molecular weight excluding hydrogens is 408 g/mol. The molecule has 0 saturated carbocycles. The van der Waals surface area contributed by atoms with Crippen LogP contribution in [0.2, 0.25) is 0 Å². The van der Waals surface area contributed by atoms with Gasteiger partial charge < -0.3 is 31.2 Å². The van der Waals surface area contributed by atoms with Crippen molar-refractivity contribution in [3.8, 4) is 0 Å². The SMILES string of the molecule is NCCC(=O)[C@H]1O[C@@H](n2cnc3c(N)nc(N/N=C/C4CCC=CO4)nc32)[C@H](O)[C@@H]1O. The lowest BCUT2D eigenvalue weighted by Crippen LogP contribution is -2.36. The largest absolute Gasteiger partial charge is 0.493 e. The fourth-order valence-corrected chi connectivity index (χ4v) is 3.46. The molecule has 0 aliphatic carbocycles. The molecule has 13 heteroatoms. The van der Waals surface area contributed by atoms with Gasteiger partial charge in [-0.25, -0.2) is 10.4 Å². The number of Topliss-reactive ketones (excluding diaryl/α,β-unsaturated/α-hetero) is 1. The Morgan fingerprint density at radius 3 is 2.97 bits per heavy atom. The lowest BCUT2D eigenvalue weighted by molar-refractivity contribution is -0.135. The number of ether oxygens (including phenoxy) is 2.